The van der Waals surface area contributed by atoms with Crippen LogP contribution in [-0.2, 0) is 14.4 Å². The standard InChI is InChI=1S/C13H24N2O3/c1-9(2)10(8-16)15-11(17)6-7-13(3,4)12(18)14-5/h8-10H,6-7H2,1-5H3,(H,14,18)(H,15,17). The SMILES string of the molecule is CNC(=O)C(C)(C)CCC(=O)NC(C=O)C(C)C. The Labute approximate surface area is 109 Å². The van der Waals surface area contributed by atoms with Crippen LogP contribution in [0.4, 0.5) is 0 Å². The molecule has 0 radical (unpaired) electrons. The molecule has 0 heterocycles. The van der Waals surface area contributed by atoms with Gasteiger partial charge in [-0.3, -0.25) is 9.59 Å². The summed E-state index contributed by atoms with van der Waals surface area (Å²) >= 11 is 0. The first-order chi connectivity index (χ1) is 8.24. The zero-order valence-corrected chi connectivity index (χ0v) is 11.9. The van der Waals surface area contributed by atoms with Gasteiger partial charge in [-0.25, -0.2) is 0 Å². The lowest BCUT2D eigenvalue weighted by Crippen LogP contribution is -2.41. The highest BCUT2D eigenvalue weighted by molar-refractivity contribution is 5.83. The van der Waals surface area contributed by atoms with Crippen LogP contribution in [0, 0.1) is 11.3 Å². The van der Waals surface area contributed by atoms with Gasteiger partial charge < -0.3 is 15.4 Å². The minimum atomic E-state index is -0.583. The van der Waals surface area contributed by atoms with E-state index in [-0.39, 0.29) is 24.2 Å². The van der Waals surface area contributed by atoms with Crippen molar-refractivity contribution in [2.24, 2.45) is 11.3 Å². The van der Waals surface area contributed by atoms with E-state index in [0.717, 1.165) is 6.29 Å². The molecule has 5 nitrogen and oxygen atoms in total. The first-order valence-electron chi connectivity index (χ1n) is 6.21. The fourth-order valence-corrected chi connectivity index (χ4v) is 1.49. The summed E-state index contributed by atoms with van der Waals surface area (Å²) in [7, 11) is 1.57. The molecule has 18 heavy (non-hydrogen) atoms. The van der Waals surface area contributed by atoms with Crippen LogP contribution in [0.15, 0.2) is 0 Å². The van der Waals surface area contributed by atoms with Gasteiger partial charge in [0.05, 0.1) is 6.04 Å². The van der Waals surface area contributed by atoms with Gasteiger partial charge in [0.2, 0.25) is 11.8 Å². The highest BCUT2D eigenvalue weighted by atomic mass is 16.2. The monoisotopic (exact) mass is 256 g/mol. The van der Waals surface area contributed by atoms with E-state index < -0.39 is 11.5 Å². The van der Waals surface area contributed by atoms with Crippen molar-refractivity contribution < 1.29 is 14.4 Å². The van der Waals surface area contributed by atoms with E-state index in [2.05, 4.69) is 10.6 Å². The Bertz CT molecular complexity index is 311. The third-order valence-electron chi connectivity index (χ3n) is 3.01. The highest BCUT2D eigenvalue weighted by Gasteiger charge is 2.27. The number of rotatable bonds is 7. The van der Waals surface area contributed by atoms with E-state index >= 15 is 0 Å². The summed E-state index contributed by atoms with van der Waals surface area (Å²) in [5.74, 6) is -0.220. The van der Waals surface area contributed by atoms with Crippen LogP contribution in [0.2, 0.25) is 0 Å². The summed E-state index contributed by atoms with van der Waals surface area (Å²) < 4.78 is 0. The van der Waals surface area contributed by atoms with Gasteiger partial charge in [-0.15, -0.1) is 0 Å². The number of amides is 2. The van der Waals surface area contributed by atoms with Crippen LogP contribution >= 0.6 is 0 Å². The summed E-state index contributed by atoms with van der Waals surface area (Å²) in [5.41, 5.74) is -0.583. The maximum atomic E-state index is 11.7. The molecule has 0 rings (SSSR count). The molecule has 5 heteroatoms. The van der Waals surface area contributed by atoms with Gasteiger partial charge in [0, 0.05) is 18.9 Å². The van der Waals surface area contributed by atoms with Crippen molar-refractivity contribution in [1.82, 2.24) is 10.6 Å². The molecule has 2 N–H and O–H groups in total. The van der Waals surface area contributed by atoms with Crippen molar-refractivity contribution >= 4 is 18.1 Å². The molecule has 0 saturated heterocycles. The average molecular weight is 256 g/mol. The van der Waals surface area contributed by atoms with Crippen molar-refractivity contribution in [3.05, 3.63) is 0 Å². The Morgan fingerprint density at radius 1 is 1.28 bits per heavy atom. The molecular formula is C13H24N2O3. The van der Waals surface area contributed by atoms with E-state index in [0.29, 0.717) is 6.42 Å². The molecule has 1 atom stereocenters. The third-order valence-corrected chi connectivity index (χ3v) is 3.01. The van der Waals surface area contributed by atoms with Crippen LogP contribution in [0.5, 0.6) is 0 Å². The number of hydrogen-bond acceptors (Lipinski definition) is 3. The van der Waals surface area contributed by atoms with Gasteiger partial charge in [-0.05, 0) is 12.3 Å². The van der Waals surface area contributed by atoms with E-state index in [1.54, 1.807) is 20.9 Å². The Hall–Kier alpha value is -1.39. The van der Waals surface area contributed by atoms with E-state index in [9.17, 15) is 14.4 Å². The van der Waals surface area contributed by atoms with Crippen molar-refractivity contribution in [1.29, 1.82) is 0 Å². The van der Waals surface area contributed by atoms with E-state index in [1.165, 1.54) is 0 Å². The number of carbonyl (C=O) groups excluding carboxylic acids is 3. The Morgan fingerprint density at radius 3 is 2.22 bits per heavy atom. The van der Waals surface area contributed by atoms with Gasteiger partial charge in [0.15, 0.2) is 0 Å². The normalized spacial score (nSPS) is 13.0. The van der Waals surface area contributed by atoms with Gasteiger partial charge in [0.25, 0.3) is 0 Å². The zero-order chi connectivity index (χ0) is 14.3. The summed E-state index contributed by atoms with van der Waals surface area (Å²) in [6.07, 6.45) is 1.42. The van der Waals surface area contributed by atoms with Crippen molar-refractivity contribution in [2.45, 2.75) is 46.6 Å². The third kappa shape index (κ3) is 5.29. The lowest BCUT2D eigenvalue weighted by atomic mass is 9.86. The summed E-state index contributed by atoms with van der Waals surface area (Å²) in [4.78, 5) is 34.0. The Morgan fingerprint density at radius 2 is 1.83 bits per heavy atom. The minimum absolute atomic E-state index is 0.0680. The van der Waals surface area contributed by atoms with Crippen molar-refractivity contribution in [3.63, 3.8) is 0 Å². The molecule has 0 saturated carbocycles. The Kier molecular flexibility index (Phi) is 6.58. The molecule has 2 amide bonds. The molecule has 0 aromatic carbocycles. The van der Waals surface area contributed by atoms with Crippen LogP contribution in [0.25, 0.3) is 0 Å². The number of hydrogen-bond donors (Lipinski definition) is 2. The predicted molar refractivity (Wildman–Crippen MR) is 69.9 cm³/mol. The molecule has 0 aliphatic rings. The molecule has 0 aromatic rings. The molecule has 0 spiro atoms. The predicted octanol–water partition coefficient (Wildman–Crippen LogP) is 0.878. The fourth-order valence-electron chi connectivity index (χ4n) is 1.49. The molecular weight excluding hydrogens is 232 g/mol. The molecule has 104 valence electrons. The van der Waals surface area contributed by atoms with Gasteiger partial charge in [0.1, 0.15) is 6.29 Å². The number of aldehydes is 1. The van der Waals surface area contributed by atoms with Crippen molar-refractivity contribution in [2.75, 3.05) is 7.05 Å². The average Bonchev–Trinajstić information content (AvgIpc) is 2.31. The Balaban J connectivity index is 4.26. The summed E-state index contributed by atoms with van der Waals surface area (Å²) in [6.45, 7) is 7.32. The molecule has 1 unspecified atom stereocenters. The fraction of sp³-hybridized carbons (Fsp3) is 0.769. The second-order valence-corrected chi connectivity index (χ2v) is 5.44. The van der Waals surface area contributed by atoms with Gasteiger partial charge in [-0.1, -0.05) is 27.7 Å². The maximum absolute atomic E-state index is 11.7. The first-order valence-corrected chi connectivity index (χ1v) is 6.21. The summed E-state index contributed by atoms with van der Waals surface area (Å²) in [6, 6.07) is -0.458. The maximum Gasteiger partial charge on any atom is 0.225 e. The van der Waals surface area contributed by atoms with Crippen molar-refractivity contribution in [3.8, 4) is 0 Å². The zero-order valence-electron chi connectivity index (χ0n) is 11.9. The lowest BCUT2D eigenvalue weighted by molar-refractivity contribution is -0.130. The molecule has 0 aliphatic carbocycles. The largest absolute Gasteiger partial charge is 0.359 e. The molecule has 0 aromatic heterocycles. The smallest absolute Gasteiger partial charge is 0.225 e. The van der Waals surface area contributed by atoms with Gasteiger partial charge in [-0.2, -0.15) is 0 Å². The van der Waals surface area contributed by atoms with Crippen LogP contribution in [0.3, 0.4) is 0 Å². The van der Waals surface area contributed by atoms with Crippen LogP contribution in [0.1, 0.15) is 40.5 Å². The second kappa shape index (κ2) is 7.13. The topological polar surface area (TPSA) is 75.3 Å². The second-order valence-electron chi connectivity index (χ2n) is 5.44. The lowest BCUT2D eigenvalue weighted by Gasteiger charge is -2.23. The first kappa shape index (κ1) is 16.6. The van der Waals surface area contributed by atoms with Crippen LogP contribution < -0.4 is 10.6 Å². The quantitative estimate of drug-likeness (QED) is 0.664. The number of nitrogens with one attached hydrogen (secondary N) is 2. The van der Waals surface area contributed by atoms with Gasteiger partial charge >= 0.3 is 0 Å². The molecule has 0 aliphatic heterocycles. The van der Waals surface area contributed by atoms with E-state index in [4.69, 9.17) is 0 Å². The number of carbonyl (C=O) groups is 3. The molecule has 0 bridgehead atoms. The molecule has 0 fully saturated rings. The highest BCUT2D eigenvalue weighted by Crippen LogP contribution is 2.22. The summed E-state index contributed by atoms with van der Waals surface area (Å²) in [5, 5.41) is 5.23. The van der Waals surface area contributed by atoms with E-state index in [1.807, 2.05) is 13.8 Å². The minimum Gasteiger partial charge on any atom is -0.359 e. The van der Waals surface area contributed by atoms with Crippen LogP contribution in [-0.4, -0.2) is 31.2 Å².